The lowest BCUT2D eigenvalue weighted by Crippen LogP contribution is -2.35. The van der Waals surface area contributed by atoms with Gasteiger partial charge in [-0.15, -0.1) is 0 Å². The molecule has 2 aromatic rings. The van der Waals surface area contributed by atoms with Crippen molar-refractivity contribution in [3.8, 4) is 0 Å². The van der Waals surface area contributed by atoms with Crippen LogP contribution in [0.3, 0.4) is 0 Å². The van der Waals surface area contributed by atoms with Gasteiger partial charge in [0, 0.05) is 62.2 Å². The largest absolute Gasteiger partial charge is 0.354 e. The number of hydrogen-bond donors (Lipinski definition) is 2. The summed E-state index contributed by atoms with van der Waals surface area (Å²) in [5, 5.41) is 15.6. The van der Waals surface area contributed by atoms with E-state index >= 15 is 0 Å². The summed E-state index contributed by atoms with van der Waals surface area (Å²) in [7, 11) is -1.70. The van der Waals surface area contributed by atoms with Crippen molar-refractivity contribution in [1.29, 1.82) is 5.41 Å². The van der Waals surface area contributed by atoms with Crippen LogP contribution in [0.2, 0.25) is 0 Å². The quantitative estimate of drug-likeness (QED) is 0.412. The van der Waals surface area contributed by atoms with Gasteiger partial charge in [-0.3, -0.25) is 4.68 Å². The van der Waals surface area contributed by atoms with E-state index in [-0.39, 0.29) is 10.8 Å². The molecule has 0 spiro atoms. The van der Waals surface area contributed by atoms with Crippen LogP contribution in [0.5, 0.6) is 0 Å². The Bertz CT molecular complexity index is 1310. The molecule has 0 amide bonds. The van der Waals surface area contributed by atoms with Crippen LogP contribution in [0.4, 0.5) is 5.69 Å². The Morgan fingerprint density at radius 3 is 2.58 bits per heavy atom. The first-order valence-electron chi connectivity index (χ1n) is 12.3. The van der Waals surface area contributed by atoms with Crippen LogP contribution in [-0.4, -0.2) is 53.8 Å². The van der Waals surface area contributed by atoms with E-state index in [1.54, 1.807) is 15.2 Å². The van der Waals surface area contributed by atoms with Crippen LogP contribution in [0, 0.1) is 12.3 Å². The van der Waals surface area contributed by atoms with Crippen molar-refractivity contribution in [3.63, 3.8) is 0 Å². The lowest BCUT2D eigenvalue weighted by molar-refractivity contribution is 0.390. The number of benzene rings is 1. The van der Waals surface area contributed by atoms with E-state index in [0.29, 0.717) is 26.1 Å². The maximum atomic E-state index is 13.4. The maximum absolute atomic E-state index is 13.4. The van der Waals surface area contributed by atoms with Gasteiger partial charge in [0.2, 0.25) is 10.0 Å². The Labute approximate surface area is 215 Å². The van der Waals surface area contributed by atoms with Gasteiger partial charge >= 0.3 is 0 Å². The molecule has 0 aliphatic carbocycles. The van der Waals surface area contributed by atoms with Gasteiger partial charge < -0.3 is 15.6 Å². The fourth-order valence-electron chi connectivity index (χ4n) is 4.41. The summed E-state index contributed by atoms with van der Waals surface area (Å²) >= 11 is 0. The van der Waals surface area contributed by atoms with Crippen molar-refractivity contribution in [3.05, 3.63) is 77.0 Å². The predicted octanol–water partition coefficient (Wildman–Crippen LogP) is 5.07. The van der Waals surface area contributed by atoms with Crippen LogP contribution in [0.1, 0.15) is 56.7 Å². The Kier molecular flexibility index (Phi) is 8.58. The summed E-state index contributed by atoms with van der Waals surface area (Å²) in [4.78, 5) is 2.19. The first-order valence-corrected chi connectivity index (χ1v) is 13.7. The number of aryl methyl sites for hydroxylation is 2. The van der Waals surface area contributed by atoms with Crippen molar-refractivity contribution >= 4 is 21.9 Å². The number of nitrogens with one attached hydrogen (secondary N) is 2. The summed E-state index contributed by atoms with van der Waals surface area (Å²) in [6, 6.07) is 4.02. The van der Waals surface area contributed by atoms with Crippen molar-refractivity contribution in [1.82, 2.24) is 19.0 Å². The molecular weight excluding hydrogens is 472 g/mol. The van der Waals surface area contributed by atoms with Crippen molar-refractivity contribution < 1.29 is 8.42 Å². The molecule has 0 radical (unpaired) electrons. The third kappa shape index (κ3) is 5.79. The second kappa shape index (κ2) is 11.3. The van der Waals surface area contributed by atoms with E-state index in [1.165, 1.54) is 12.4 Å². The van der Waals surface area contributed by atoms with Crippen LogP contribution in [-0.2, 0) is 16.6 Å². The number of sulfonamides is 1. The molecule has 1 aromatic heterocycles. The highest BCUT2D eigenvalue weighted by Gasteiger charge is 2.28. The molecule has 0 bridgehead atoms. The molecule has 0 fully saturated rings. The maximum Gasteiger partial charge on any atom is 0.246 e. The first kappa shape index (κ1) is 27.4. The molecule has 0 saturated carbocycles. The zero-order valence-corrected chi connectivity index (χ0v) is 23.0. The van der Waals surface area contributed by atoms with E-state index < -0.39 is 10.0 Å². The van der Waals surface area contributed by atoms with Crippen LogP contribution < -0.4 is 5.32 Å². The van der Waals surface area contributed by atoms with Gasteiger partial charge in [-0.25, -0.2) is 8.42 Å². The standard InChI is InChI=1S/C27H38N6O2S/c1-8-10-33(36(34,35)25-15-29-32(9-2)18-25)16-21(5)26-13-23(14-28)27(12-20(26)4)30-24-11-19(3)22(6)31(7)17-24/h11-15,17-18,21,28,30H,6,8-10,16H2,1-5,7H3. The molecule has 9 heteroatoms. The summed E-state index contributed by atoms with van der Waals surface area (Å²) in [6.07, 6.45) is 9.07. The fraction of sp³-hybridized carbons (Fsp3) is 0.407. The van der Waals surface area contributed by atoms with Crippen LogP contribution in [0.25, 0.3) is 0 Å². The Morgan fingerprint density at radius 1 is 1.28 bits per heavy atom. The molecule has 0 saturated heterocycles. The summed E-state index contributed by atoms with van der Waals surface area (Å²) in [6.45, 7) is 15.4. The van der Waals surface area contributed by atoms with Crippen LogP contribution >= 0.6 is 0 Å². The summed E-state index contributed by atoms with van der Waals surface area (Å²) < 4.78 is 29.9. The lowest BCUT2D eigenvalue weighted by Gasteiger charge is -2.27. The first-order chi connectivity index (χ1) is 17.0. The predicted molar refractivity (Wildman–Crippen MR) is 147 cm³/mol. The highest BCUT2D eigenvalue weighted by Crippen LogP contribution is 2.30. The monoisotopic (exact) mass is 510 g/mol. The molecule has 2 N–H and O–H groups in total. The van der Waals surface area contributed by atoms with Crippen molar-refractivity contribution in [2.45, 2.75) is 58.4 Å². The average molecular weight is 511 g/mol. The van der Waals surface area contributed by atoms with E-state index in [0.717, 1.165) is 39.3 Å². The molecule has 1 aliphatic heterocycles. The van der Waals surface area contributed by atoms with Gasteiger partial charge in [0.1, 0.15) is 4.90 Å². The molecule has 8 nitrogen and oxygen atoms in total. The van der Waals surface area contributed by atoms with Gasteiger partial charge in [0.25, 0.3) is 0 Å². The zero-order valence-electron chi connectivity index (χ0n) is 22.2. The fourth-order valence-corrected chi connectivity index (χ4v) is 5.98. The topological polar surface area (TPSA) is 94.3 Å². The highest BCUT2D eigenvalue weighted by molar-refractivity contribution is 7.89. The van der Waals surface area contributed by atoms with E-state index in [4.69, 9.17) is 5.41 Å². The second-order valence-electron chi connectivity index (χ2n) is 9.33. The molecule has 3 rings (SSSR count). The molecule has 1 aromatic carbocycles. The second-order valence-corrected chi connectivity index (χ2v) is 11.3. The van der Waals surface area contributed by atoms with Gasteiger partial charge in [0.05, 0.1) is 11.9 Å². The molecule has 1 aliphatic rings. The Morgan fingerprint density at radius 2 is 2.00 bits per heavy atom. The normalized spacial score (nSPS) is 15.1. The van der Waals surface area contributed by atoms with Gasteiger partial charge in [-0.05, 0) is 68.0 Å². The summed E-state index contributed by atoms with van der Waals surface area (Å²) in [5.74, 6) is -0.0641. The molecule has 2 heterocycles. The molecule has 194 valence electrons. The Balaban J connectivity index is 1.88. The van der Waals surface area contributed by atoms with Gasteiger partial charge in [0.15, 0.2) is 0 Å². The van der Waals surface area contributed by atoms with Gasteiger partial charge in [-0.2, -0.15) is 9.40 Å². The van der Waals surface area contributed by atoms with E-state index in [1.807, 2.05) is 71.0 Å². The molecule has 36 heavy (non-hydrogen) atoms. The van der Waals surface area contributed by atoms with E-state index in [9.17, 15) is 8.42 Å². The average Bonchev–Trinajstić information content (AvgIpc) is 3.32. The van der Waals surface area contributed by atoms with Crippen molar-refractivity contribution in [2.24, 2.45) is 0 Å². The number of anilines is 1. The minimum atomic E-state index is -3.66. The summed E-state index contributed by atoms with van der Waals surface area (Å²) in [5.41, 5.74) is 6.57. The minimum absolute atomic E-state index is 0.0641. The number of likely N-dealkylation sites (N-methyl/N-ethyl adjacent to an activating group) is 1. The van der Waals surface area contributed by atoms with Crippen LogP contribution in [0.15, 0.2) is 65.2 Å². The third-order valence-electron chi connectivity index (χ3n) is 6.51. The third-order valence-corrected chi connectivity index (χ3v) is 8.33. The minimum Gasteiger partial charge on any atom is -0.354 e. The zero-order chi connectivity index (χ0) is 26.6. The smallest absolute Gasteiger partial charge is 0.246 e. The SMILES string of the molecule is C=C1C(C)=CC(Nc2cc(C)c(C(C)CN(CCC)S(=O)(=O)c3cnn(CC)c3)cc2C=N)=CN1C. The molecule has 1 unspecified atom stereocenters. The van der Waals surface area contributed by atoms with Gasteiger partial charge in [-0.1, -0.05) is 20.4 Å². The molecular formula is C27H38N6O2S. The lowest BCUT2D eigenvalue weighted by atomic mass is 9.93. The number of rotatable bonds is 11. The number of nitrogens with zero attached hydrogens (tertiary/aromatic N) is 4. The number of aromatic nitrogens is 2. The Hall–Kier alpha value is -3.17. The van der Waals surface area contributed by atoms with E-state index in [2.05, 4.69) is 17.0 Å². The molecule has 1 atom stereocenters. The number of hydrogen-bond acceptors (Lipinski definition) is 6. The number of allylic oxidation sites excluding steroid dienone is 2. The highest BCUT2D eigenvalue weighted by atomic mass is 32.2. The van der Waals surface area contributed by atoms with Crippen molar-refractivity contribution in [2.75, 3.05) is 25.5 Å².